The Kier molecular flexibility index (Phi) is 4.65. The van der Waals surface area contributed by atoms with Crippen molar-refractivity contribution < 1.29 is 37.6 Å². The van der Waals surface area contributed by atoms with Gasteiger partial charge in [0.1, 0.15) is 0 Å². The zero-order valence-corrected chi connectivity index (χ0v) is 12.1. The van der Waals surface area contributed by atoms with Gasteiger partial charge in [-0.05, 0) is 12.2 Å². The molecule has 7 nitrogen and oxygen atoms in total. The van der Waals surface area contributed by atoms with Gasteiger partial charge in [0.15, 0.2) is 11.0 Å². The van der Waals surface area contributed by atoms with Crippen molar-refractivity contribution in [1.82, 2.24) is 9.55 Å². The highest BCUT2D eigenvalue weighted by Gasteiger charge is 2.70. The molecule has 0 bridgehead atoms. The van der Waals surface area contributed by atoms with Crippen molar-refractivity contribution in [2.24, 2.45) is 5.92 Å². The summed E-state index contributed by atoms with van der Waals surface area (Å²) < 4.78 is 58.3. The monoisotopic (exact) mass is 360 g/mol. The summed E-state index contributed by atoms with van der Waals surface area (Å²) in [7, 11) is 0. The Bertz CT molecular complexity index is 705. The third-order valence-electron chi connectivity index (χ3n) is 3.70. The summed E-state index contributed by atoms with van der Waals surface area (Å²) >= 11 is 4.67. The molecule has 2 heterocycles. The predicted octanol–water partition coefficient (Wildman–Crippen LogP) is -0.163. The molecule has 130 valence electrons. The molecule has 4 atom stereocenters. The maximum atomic E-state index is 13.4. The Morgan fingerprint density at radius 3 is 2.48 bits per heavy atom. The number of alkyl halides is 3. The fourth-order valence-corrected chi connectivity index (χ4v) is 2.76. The van der Waals surface area contributed by atoms with Gasteiger partial charge in [-0.25, -0.2) is 0 Å². The highest BCUT2D eigenvalue weighted by atomic mass is 32.1. The number of rotatable bonds is 3. The number of nitrogens with zero attached hydrogens (tertiary/aromatic N) is 1. The van der Waals surface area contributed by atoms with E-state index in [4.69, 9.17) is 9.84 Å². The van der Waals surface area contributed by atoms with E-state index in [9.17, 15) is 32.6 Å². The molecule has 1 aromatic rings. The second kappa shape index (κ2) is 5.94. The molecule has 1 aromatic heterocycles. The van der Waals surface area contributed by atoms with E-state index in [-0.39, 0.29) is 0 Å². The van der Waals surface area contributed by atoms with Gasteiger partial charge in [-0.1, -0.05) is 0 Å². The van der Waals surface area contributed by atoms with Crippen LogP contribution in [0, 0.1) is 16.5 Å². The van der Waals surface area contributed by atoms with Crippen molar-refractivity contribution in [1.29, 1.82) is 0 Å². The topological polar surface area (TPSA) is 108 Å². The number of H-pyrrole nitrogens is 1. The number of halogens is 4. The van der Waals surface area contributed by atoms with Crippen LogP contribution < -0.4 is 5.56 Å². The van der Waals surface area contributed by atoms with Crippen LogP contribution in [-0.2, 0) is 4.74 Å². The van der Waals surface area contributed by atoms with Crippen molar-refractivity contribution in [3.63, 3.8) is 0 Å². The van der Waals surface area contributed by atoms with Crippen LogP contribution in [0.25, 0.3) is 0 Å². The van der Waals surface area contributed by atoms with E-state index in [0.717, 1.165) is 0 Å². The van der Waals surface area contributed by atoms with E-state index < -0.39 is 59.4 Å². The van der Waals surface area contributed by atoms with Crippen LogP contribution in [0.15, 0.2) is 11.0 Å². The summed E-state index contributed by atoms with van der Waals surface area (Å²) in [4.78, 5) is 12.9. The van der Waals surface area contributed by atoms with Gasteiger partial charge >= 0.3 is 6.18 Å². The van der Waals surface area contributed by atoms with Gasteiger partial charge in [0.25, 0.3) is 5.56 Å². The van der Waals surface area contributed by atoms with Crippen LogP contribution in [0.3, 0.4) is 0 Å². The summed E-state index contributed by atoms with van der Waals surface area (Å²) in [6.45, 7) is -2.09. The number of nitrogens with one attached hydrogen (secondary N) is 1. The average molecular weight is 360 g/mol. The minimum absolute atomic E-state index is 0.358. The molecule has 0 radical (unpaired) electrons. The molecule has 1 saturated heterocycles. The molecular weight excluding hydrogens is 348 g/mol. The molecule has 0 aromatic carbocycles. The van der Waals surface area contributed by atoms with E-state index in [0.29, 0.717) is 10.8 Å². The number of hydrogen-bond acceptors (Lipinski definition) is 6. The van der Waals surface area contributed by atoms with Crippen LogP contribution >= 0.6 is 12.2 Å². The highest BCUT2D eigenvalue weighted by molar-refractivity contribution is 7.71. The van der Waals surface area contributed by atoms with Crippen LogP contribution in [0.5, 0.6) is 0 Å². The lowest BCUT2D eigenvalue weighted by Gasteiger charge is -2.35. The number of aromatic amines is 1. The number of hydrogen-bond donors (Lipinski definition) is 4. The number of ether oxygens (including phenoxy) is 1. The van der Waals surface area contributed by atoms with Crippen molar-refractivity contribution >= 4 is 12.2 Å². The van der Waals surface area contributed by atoms with Gasteiger partial charge in [-0.2, -0.15) is 17.6 Å². The third-order valence-corrected chi connectivity index (χ3v) is 4.01. The molecule has 12 heteroatoms. The minimum Gasteiger partial charge on any atom is -0.396 e. The zero-order chi connectivity index (χ0) is 17.6. The van der Waals surface area contributed by atoms with Crippen LogP contribution in [0.4, 0.5) is 17.6 Å². The first-order valence-corrected chi connectivity index (χ1v) is 6.66. The quantitative estimate of drug-likeness (QED) is 0.441. The number of aliphatic hydroxyl groups excluding tert-OH is 2. The van der Waals surface area contributed by atoms with Gasteiger partial charge in [-0.15, -0.1) is 0 Å². The second-order valence-corrected chi connectivity index (χ2v) is 5.35. The molecule has 4 N–H and O–H groups in total. The summed E-state index contributed by atoms with van der Waals surface area (Å²) in [6.07, 6.45) is -8.81. The lowest BCUT2D eigenvalue weighted by molar-refractivity contribution is -0.299. The van der Waals surface area contributed by atoms with E-state index in [1.807, 2.05) is 0 Å². The average Bonchev–Trinajstić information content (AvgIpc) is 2.75. The Hall–Kier alpha value is -1.34. The number of aliphatic hydroxyl groups is 3. The molecule has 0 saturated carbocycles. The Morgan fingerprint density at radius 2 is 2.00 bits per heavy atom. The van der Waals surface area contributed by atoms with Gasteiger partial charge < -0.3 is 20.1 Å². The molecule has 1 aliphatic heterocycles. The molecule has 23 heavy (non-hydrogen) atoms. The molecule has 2 unspecified atom stereocenters. The maximum Gasteiger partial charge on any atom is 0.422 e. The van der Waals surface area contributed by atoms with Crippen molar-refractivity contribution in [3.8, 4) is 0 Å². The molecule has 1 fully saturated rings. The Balaban J connectivity index is 2.67. The fraction of sp³-hybridized carbons (Fsp3) is 0.636. The van der Waals surface area contributed by atoms with Gasteiger partial charge in [0, 0.05) is 0 Å². The molecule has 0 spiro atoms. The first kappa shape index (κ1) is 18.0. The SMILES string of the molecule is O=c1[nH]c(=S)n([C@@H]2O[C@H](CO)C(CO)C2(O)C(F)(F)F)cc1F. The van der Waals surface area contributed by atoms with E-state index in [1.165, 1.54) is 0 Å². The lowest BCUT2D eigenvalue weighted by Crippen LogP contribution is -2.56. The third kappa shape index (κ3) is 2.70. The van der Waals surface area contributed by atoms with Crippen LogP contribution in [-0.4, -0.2) is 56.0 Å². The molecule has 0 aliphatic carbocycles. The van der Waals surface area contributed by atoms with Crippen LogP contribution in [0.1, 0.15) is 6.23 Å². The molecular formula is C11H12F4N2O5S. The Morgan fingerprint density at radius 1 is 1.39 bits per heavy atom. The van der Waals surface area contributed by atoms with E-state index >= 15 is 0 Å². The standard InChI is InChI=1S/C11H12F4N2O5S/c12-5-1-17(9(23)16-7(5)20)8-10(21,11(13,14)15)4(2-18)6(3-19)22-8/h1,4,6,8,18-19,21H,2-3H2,(H,16,20,23)/t4?,6-,8-,10?/m1/s1. The normalized spacial score (nSPS) is 31.5. The van der Waals surface area contributed by atoms with E-state index in [2.05, 4.69) is 12.2 Å². The summed E-state index contributed by atoms with van der Waals surface area (Å²) in [5, 5.41) is 28.5. The summed E-state index contributed by atoms with van der Waals surface area (Å²) in [6, 6.07) is 0. The largest absolute Gasteiger partial charge is 0.422 e. The van der Waals surface area contributed by atoms with E-state index in [1.54, 1.807) is 4.98 Å². The summed E-state index contributed by atoms with van der Waals surface area (Å²) in [5.74, 6) is -3.38. The van der Waals surface area contributed by atoms with Gasteiger partial charge in [0.2, 0.25) is 11.4 Å². The Labute approximate surface area is 130 Å². The van der Waals surface area contributed by atoms with Gasteiger partial charge in [0.05, 0.1) is 31.4 Å². The maximum absolute atomic E-state index is 13.4. The molecule has 2 rings (SSSR count). The predicted molar refractivity (Wildman–Crippen MR) is 68.4 cm³/mol. The van der Waals surface area contributed by atoms with Crippen molar-refractivity contribution in [2.45, 2.75) is 24.1 Å². The highest BCUT2D eigenvalue weighted by Crippen LogP contribution is 2.51. The summed E-state index contributed by atoms with van der Waals surface area (Å²) in [5.41, 5.74) is -4.91. The first-order chi connectivity index (χ1) is 10.6. The number of aromatic nitrogens is 2. The zero-order valence-electron chi connectivity index (χ0n) is 11.2. The smallest absolute Gasteiger partial charge is 0.396 e. The van der Waals surface area contributed by atoms with Gasteiger partial charge in [-0.3, -0.25) is 14.3 Å². The minimum atomic E-state index is -5.30. The molecule has 1 aliphatic rings. The first-order valence-electron chi connectivity index (χ1n) is 6.25. The van der Waals surface area contributed by atoms with Crippen LogP contribution in [0.2, 0.25) is 0 Å². The molecule has 0 amide bonds. The van der Waals surface area contributed by atoms with Crippen molar-refractivity contribution in [3.05, 3.63) is 27.1 Å². The van der Waals surface area contributed by atoms with Crippen molar-refractivity contribution in [2.75, 3.05) is 13.2 Å². The fourth-order valence-electron chi connectivity index (χ4n) is 2.52. The second-order valence-electron chi connectivity index (χ2n) is 4.97. The lowest BCUT2D eigenvalue weighted by atomic mass is 9.84.